The van der Waals surface area contributed by atoms with Crippen LogP contribution < -0.4 is 5.73 Å². The summed E-state index contributed by atoms with van der Waals surface area (Å²) in [6, 6.07) is 3.81. The van der Waals surface area contributed by atoms with Gasteiger partial charge in [0.25, 0.3) is 0 Å². The summed E-state index contributed by atoms with van der Waals surface area (Å²) in [7, 11) is 0. The van der Waals surface area contributed by atoms with Crippen molar-refractivity contribution < 1.29 is 0 Å². The van der Waals surface area contributed by atoms with E-state index in [0.29, 0.717) is 6.42 Å². The predicted octanol–water partition coefficient (Wildman–Crippen LogP) is 0.770. The number of hydrogen-bond donors (Lipinski definition) is 2. The number of aromatic nitrogens is 3. The molecule has 0 aliphatic carbocycles. The zero-order chi connectivity index (χ0) is 10.8. The maximum atomic E-state index is 7.24. The first-order valence-corrected chi connectivity index (χ1v) is 4.86. The number of nitrogens with two attached hydrogens (primary N) is 1. The van der Waals surface area contributed by atoms with Crippen LogP contribution >= 0.6 is 0 Å². The quantitative estimate of drug-likeness (QED) is 0.571. The molecule has 0 aromatic carbocycles. The second-order valence-electron chi connectivity index (χ2n) is 3.44. The normalized spacial score (nSPS) is 10.7. The Bertz CT molecular complexity index is 499. The summed E-state index contributed by atoms with van der Waals surface area (Å²) in [4.78, 5) is 0. The van der Waals surface area contributed by atoms with Gasteiger partial charge in [0.1, 0.15) is 5.82 Å². The Balaban J connectivity index is 2.47. The highest BCUT2D eigenvalue weighted by atomic mass is 15.2. The van der Waals surface area contributed by atoms with E-state index in [4.69, 9.17) is 11.1 Å². The summed E-state index contributed by atoms with van der Waals surface area (Å²) in [6.07, 6.45) is 3.25. The number of rotatable bonds is 3. The van der Waals surface area contributed by atoms with Crippen molar-refractivity contribution in [1.82, 2.24) is 14.6 Å². The molecule has 0 bridgehead atoms. The minimum Gasteiger partial charge on any atom is -0.387 e. The molecular weight excluding hydrogens is 190 g/mol. The SMILES string of the molecule is CCc1nnc2ccc(CC(=N)N)cn12. The molecule has 5 heteroatoms. The van der Waals surface area contributed by atoms with Gasteiger partial charge in [-0.25, -0.2) is 0 Å². The minimum atomic E-state index is 0.167. The van der Waals surface area contributed by atoms with Gasteiger partial charge in [0, 0.05) is 19.0 Å². The lowest BCUT2D eigenvalue weighted by atomic mass is 10.2. The molecule has 0 saturated carbocycles. The van der Waals surface area contributed by atoms with Gasteiger partial charge in [-0.1, -0.05) is 13.0 Å². The van der Waals surface area contributed by atoms with Gasteiger partial charge in [0.15, 0.2) is 5.65 Å². The first-order chi connectivity index (χ1) is 7.20. The molecule has 2 heterocycles. The van der Waals surface area contributed by atoms with Crippen LogP contribution in [0.2, 0.25) is 0 Å². The smallest absolute Gasteiger partial charge is 0.160 e. The highest BCUT2D eigenvalue weighted by Crippen LogP contribution is 2.07. The van der Waals surface area contributed by atoms with Crippen molar-refractivity contribution in [2.45, 2.75) is 19.8 Å². The molecule has 0 aliphatic rings. The fraction of sp³-hybridized carbons (Fsp3) is 0.300. The van der Waals surface area contributed by atoms with Crippen molar-refractivity contribution in [1.29, 1.82) is 5.41 Å². The average molecular weight is 203 g/mol. The largest absolute Gasteiger partial charge is 0.387 e. The lowest BCUT2D eigenvalue weighted by molar-refractivity contribution is 0.905. The van der Waals surface area contributed by atoms with Gasteiger partial charge >= 0.3 is 0 Å². The zero-order valence-corrected chi connectivity index (χ0v) is 8.57. The molecule has 0 amide bonds. The Hall–Kier alpha value is -1.91. The molecule has 0 spiro atoms. The van der Waals surface area contributed by atoms with E-state index >= 15 is 0 Å². The average Bonchev–Trinajstić information content (AvgIpc) is 2.59. The first kappa shape index (κ1) is 9.64. The van der Waals surface area contributed by atoms with E-state index in [0.717, 1.165) is 23.5 Å². The Labute approximate surface area is 87.4 Å². The standard InChI is InChI=1S/C10H13N5/c1-2-9-13-14-10-4-3-7(5-8(11)12)6-15(9)10/h3-4,6H,2,5H2,1H3,(H3,11,12). The number of pyridine rings is 1. The maximum Gasteiger partial charge on any atom is 0.160 e. The highest BCUT2D eigenvalue weighted by molar-refractivity contribution is 5.79. The molecule has 2 aromatic rings. The molecule has 0 aliphatic heterocycles. The second kappa shape index (κ2) is 3.68. The van der Waals surface area contributed by atoms with Crippen LogP contribution in [0, 0.1) is 5.41 Å². The monoisotopic (exact) mass is 203 g/mol. The molecule has 0 fully saturated rings. The van der Waals surface area contributed by atoms with Gasteiger partial charge in [-0.15, -0.1) is 10.2 Å². The van der Waals surface area contributed by atoms with Crippen molar-refractivity contribution in [2.24, 2.45) is 5.73 Å². The number of nitrogens with one attached hydrogen (secondary N) is 1. The lowest BCUT2D eigenvalue weighted by Gasteiger charge is -2.01. The highest BCUT2D eigenvalue weighted by Gasteiger charge is 2.04. The molecule has 0 atom stereocenters. The molecule has 15 heavy (non-hydrogen) atoms. The number of fused-ring (bicyclic) bond motifs is 1. The van der Waals surface area contributed by atoms with Gasteiger partial charge in [-0.3, -0.25) is 9.81 Å². The van der Waals surface area contributed by atoms with Crippen molar-refractivity contribution in [3.05, 3.63) is 29.7 Å². The van der Waals surface area contributed by atoms with Crippen molar-refractivity contribution in [3.8, 4) is 0 Å². The van der Waals surface area contributed by atoms with E-state index in [9.17, 15) is 0 Å². The molecule has 5 nitrogen and oxygen atoms in total. The topological polar surface area (TPSA) is 80.1 Å². The minimum absolute atomic E-state index is 0.167. The maximum absolute atomic E-state index is 7.24. The lowest BCUT2D eigenvalue weighted by Crippen LogP contribution is -2.13. The molecule has 2 aromatic heterocycles. The van der Waals surface area contributed by atoms with Gasteiger partial charge in [0.2, 0.25) is 0 Å². The summed E-state index contributed by atoms with van der Waals surface area (Å²) >= 11 is 0. The fourth-order valence-corrected chi connectivity index (χ4v) is 1.55. The predicted molar refractivity (Wildman–Crippen MR) is 58.0 cm³/mol. The Kier molecular flexibility index (Phi) is 2.37. The number of aryl methyl sites for hydroxylation is 1. The van der Waals surface area contributed by atoms with E-state index in [1.807, 2.05) is 29.7 Å². The molecule has 0 radical (unpaired) electrons. The molecule has 78 valence electrons. The third-order valence-corrected chi connectivity index (χ3v) is 2.24. The second-order valence-corrected chi connectivity index (χ2v) is 3.44. The summed E-state index contributed by atoms with van der Waals surface area (Å²) in [5.41, 5.74) is 7.19. The van der Waals surface area contributed by atoms with Gasteiger partial charge in [-0.2, -0.15) is 0 Å². The van der Waals surface area contributed by atoms with Crippen LogP contribution in [0.3, 0.4) is 0 Å². The number of amidine groups is 1. The van der Waals surface area contributed by atoms with Crippen LogP contribution in [0.1, 0.15) is 18.3 Å². The van der Waals surface area contributed by atoms with Crippen LogP contribution in [0.4, 0.5) is 0 Å². The van der Waals surface area contributed by atoms with Crippen LogP contribution in [0.15, 0.2) is 18.3 Å². The summed E-state index contributed by atoms with van der Waals surface area (Å²) in [5, 5.41) is 15.3. The van der Waals surface area contributed by atoms with E-state index in [1.165, 1.54) is 0 Å². The Morgan fingerprint density at radius 3 is 2.93 bits per heavy atom. The fourth-order valence-electron chi connectivity index (χ4n) is 1.55. The summed E-state index contributed by atoms with van der Waals surface area (Å²) in [6.45, 7) is 2.04. The molecule has 0 saturated heterocycles. The summed E-state index contributed by atoms with van der Waals surface area (Å²) in [5.74, 6) is 1.09. The van der Waals surface area contributed by atoms with Crippen molar-refractivity contribution >= 4 is 11.5 Å². The van der Waals surface area contributed by atoms with Crippen LogP contribution in [-0.2, 0) is 12.8 Å². The third kappa shape index (κ3) is 1.81. The summed E-state index contributed by atoms with van der Waals surface area (Å²) < 4.78 is 1.94. The van der Waals surface area contributed by atoms with E-state index in [1.54, 1.807) is 0 Å². The van der Waals surface area contributed by atoms with Crippen LogP contribution in [-0.4, -0.2) is 20.4 Å². The van der Waals surface area contributed by atoms with Crippen LogP contribution in [0.5, 0.6) is 0 Å². The van der Waals surface area contributed by atoms with E-state index in [2.05, 4.69) is 10.2 Å². The molecular formula is C10H13N5. The van der Waals surface area contributed by atoms with Crippen LogP contribution in [0.25, 0.3) is 5.65 Å². The van der Waals surface area contributed by atoms with Crippen molar-refractivity contribution in [3.63, 3.8) is 0 Å². The van der Waals surface area contributed by atoms with Gasteiger partial charge < -0.3 is 5.73 Å². The molecule has 3 N–H and O–H groups in total. The van der Waals surface area contributed by atoms with E-state index in [-0.39, 0.29) is 5.84 Å². The molecule has 0 unspecified atom stereocenters. The van der Waals surface area contributed by atoms with Crippen molar-refractivity contribution in [2.75, 3.05) is 0 Å². The van der Waals surface area contributed by atoms with Gasteiger partial charge in [-0.05, 0) is 11.6 Å². The number of nitrogens with zero attached hydrogens (tertiary/aromatic N) is 3. The Morgan fingerprint density at radius 1 is 1.47 bits per heavy atom. The Morgan fingerprint density at radius 2 is 2.27 bits per heavy atom. The third-order valence-electron chi connectivity index (χ3n) is 2.24. The first-order valence-electron chi connectivity index (χ1n) is 4.86. The van der Waals surface area contributed by atoms with E-state index < -0.39 is 0 Å². The van der Waals surface area contributed by atoms with Gasteiger partial charge in [0.05, 0.1) is 5.84 Å². The molecule has 2 rings (SSSR count). The zero-order valence-electron chi connectivity index (χ0n) is 8.57. The number of hydrogen-bond acceptors (Lipinski definition) is 3.